The van der Waals surface area contributed by atoms with Gasteiger partial charge < -0.3 is 4.74 Å². The Balaban J connectivity index is 2.61. The Morgan fingerprint density at radius 3 is 2.29 bits per heavy atom. The minimum atomic E-state index is -1.13. The minimum absolute atomic E-state index is 0.0575. The van der Waals surface area contributed by atoms with E-state index in [1.807, 2.05) is 13.0 Å². The van der Waals surface area contributed by atoms with Gasteiger partial charge in [0.2, 0.25) is 0 Å². The molecule has 0 saturated heterocycles. The Morgan fingerprint density at radius 1 is 1.04 bits per heavy atom. The van der Waals surface area contributed by atoms with Gasteiger partial charge in [0.15, 0.2) is 0 Å². The van der Waals surface area contributed by atoms with Crippen molar-refractivity contribution in [3.05, 3.63) is 35.9 Å². The predicted octanol–water partition coefficient (Wildman–Crippen LogP) is 3.31. The molecule has 0 aliphatic rings. The fourth-order valence-electron chi connectivity index (χ4n) is 2.08. The maximum absolute atomic E-state index is 12.4. The first-order chi connectivity index (χ1) is 11.6. The van der Waals surface area contributed by atoms with Gasteiger partial charge in [0, 0.05) is 38.9 Å². The molecule has 1 aromatic carbocycles. The minimum Gasteiger partial charge on any atom is -0.461 e. The highest BCUT2D eigenvalue weighted by atomic mass is 32.2. The molecular formula is C18H28O4S2. The number of hydrogen-bond acceptors (Lipinski definition) is 4. The molecule has 0 bridgehead atoms. The third kappa shape index (κ3) is 8.20. The molecule has 0 aromatic heterocycles. The largest absolute Gasteiger partial charge is 0.461 e. The third-order valence-corrected chi connectivity index (χ3v) is 7.04. The summed E-state index contributed by atoms with van der Waals surface area (Å²) in [5.41, 5.74) is 0.475. The molecule has 0 aliphatic carbocycles. The molecule has 0 spiro atoms. The summed E-state index contributed by atoms with van der Waals surface area (Å²) >= 11 is 0. The van der Waals surface area contributed by atoms with Crippen LogP contribution in [0, 0.1) is 0 Å². The fraction of sp³-hybridized carbons (Fsp3) is 0.611. The summed E-state index contributed by atoms with van der Waals surface area (Å²) in [6, 6.07) is 8.74. The standard InChI is InChI=1S/C18H28O4S2/c1-3-5-12-23(20)15-17(24(21)13-6-4-2)14-22-18(19)16-10-8-7-9-11-16/h7-11,17H,3-6,12-15H2,1-2H3/t17-,23+,24-/m1/s1. The lowest BCUT2D eigenvalue weighted by Crippen LogP contribution is -2.31. The molecule has 0 unspecified atom stereocenters. The van der Waals surface area contributed by atoms with Crippen molar-refractivity contribution in [1.82, 2.24) is 0 Å². The lowest BCUT2D eigenvalue weighted by atomic mass is 10.2. The highest BCUT2D eigenvalue weighted by Gasteiger charge is 2.21. The molecule has 0 fully saturated rings. The summed E-state index contributed by atoms with van der Waals surface area (Å²) in [7, 11) is -2.15. The number of unbranched alkanes of at least 4 members (excludes halogenated alkanes) is 2. The molecule has 0 saturated carbocycles. The molecule has 0 aliphatic heterocycles. The van der Waals surface area contributed by atoms with E-state index in [0.717, 1.165) is 25.7 Å². The monoisotopic (exact) mass is 372 g/mol. The fourth-order valence-corrected chi connectivity index (χ4v) is 5.55. The second kappa shape index (κ2) is 12.4. The van der Waals surface area contributed by atoms with Crippen LogP contribution in [0.15, 0.2) is 30.3 Å². The summed E-state index contributed by atoms with van der Waals surface area (Å²) in [5.74, 6) is 1.09. The summed E-state index contributed by atoms with van der Waals surface area (Å²) < 4.78 is 29.9. The van der Waals surface area contributed by atoms with Crippen molar-refractivity contribution < 1.29 is 17.9 Å². The van der Waals surface area contributed by atoms with Crippen LogP contribution in [0.5, 0.6) is 0 Å². The molecule has 0 amide bonds. The Hall–Kier alpha value is -1.01. The van der Waals surface area contributed by atoms with E-state index >= 15 is 0 Å². The first-order valence-corrected chi connectivity index (χ1v) is 11.4. The molecule has 1 aromatic rings. The Bertz CT molecular complexity index is 531. The molecule has 136 valence electrons. The van der Waals surface area contributed by atoms with Crippen LogP contribution in [0.3, 0.4) is 0 Å². The first kappa shape index (κ1) is 21.0. The molecule has 4 nitrogen and oxygen atoms in total. The Morgan fingerprint density at radius 2 is 1.67 bits per heavy atom. The van der Waals surface area contributed by atoms with Crippen LogP contribution in [0.1, 0.15) is 49.9 Å². The molecule has 0 radical (unpaired) electrons. The van der Waals surface area contributed by atoms with E-state index in [0.29, 0.717) is 22.8 Å². The van der Waals surface area contributed by atoms with Gasteiger partial charge in [0.25, 0.3) is 0 Å². The number of benzene rings is 1. The Labute approximate surface area is 150 Å². The second-order valence-electron chi connectivity index (χ2n) is 5.69. The van der Waals surface area contributed by atoms with E-state index in [-0.39, 0.29) is 11.9 Å². The molecular weight excluding hydrogens is 344 g/mol. The van der Waals surface area contributed by atoms with E-state index < -0.39 is 27.6 Å². The number of carbonyl (C=O) groups is 1. The maximum atomic E-state index is 12.4. The SMILES string of the molecule is CCCC[S@](=O)C[C@@H](COC(=O)c1ccccc1)[S@](=O)CCCC. The van der Waals surface area contributed by atoms with Gasteiger partial charge in [-0.05, 0) is 25.0 Å². The van der Waals surface area contributed by atoms with Gasteiger partial charge in [-0.15, -0.1) is 0 Å². The van der Waals surface area contributed by atoms with E-state index in [1.54, 1.807) is 24.3 Å². The van der Waals surface area contributed by atoms with Crippen molar-refractivity contribution in [2.24, 2.45) is 0 Å². The molecule has 0 N–H and O–H groups in total. The highest BCUT2D eigenvalue weighted by Crippen LogP contribution is 2.08. The van der Waals surface area contributed by atoms with Gasteiger partial charge in [-0.3, -0.25) is 8.42 Å². The van der Waals surface area contributed by atoms with Gasteiger partial charge in [0.05, 0.1) is 10.8 Å². The lowest BCUT2D eigenvalue weighted by molar-refractivity contribution is 0.0510. The van der Waals surface area contributed by atoms with Crippen molar-refractivity contribution in [3.8, 4) is 0 Å². The summed E-state index contributed by atoms with van der Waals surface area (Å²) in [4.78, 5) is 12.0. The number of carbonyl (C=O) groups excluding carboxylic acids is 1. The average molecular weight is 373 g/mol. The van der Waals surface area contributed by atoms with Crippen LogP contribution in [-0.4, -0.2) is 43.5 Å². The van der Waals surface area contributed by atoms with Gasteiger partial charge in [0.1, 0.15) is 6.61 Å². The van der Waals surface area contributed by atoms with Gasteiger partial charge in [-0.25, -0.2) is 4.79 Å². The normalized spacial score (nSPS) is 14.8. The van der Waals surface area contributed by atoms with Gasteiger partial charge >= 0.3 is 5.97 Å². The smallest absolute Gasteiger partial charge is 0.338 e. The van der Waals surface area contributed by atoms with Crippen LogP contribution < -0.4 is 0 Å². The zero-order chi connectivity index (χ0) is 17.8. The van der Waals surface area contributed by atoms with Crippen LogP contribution >= 0.6 is 0 Å². The zero-order valence-electron chi connectivity index (χ0n) is 14.6. The first-order valence-electron chi connectivity index (χ1n) is 8.52. The van der Waals surface area contributed by atoms with E-state index in [4.69, 9.17) is 4.74 Å². The van der Waals surface area contributed by atoms with Crippen LogP contribution in [0.2, 0.25) is 0 Å². The number of ether oxygens (including phenoxy) is 1. The number of hydrogen-bond donors (Lipinski definition) is 0. The molecule has 6 heteroatoms. The Kier molecular flexibility index (Phi) is 10.8. The molecule has 0 heterocycles. The molecule has 1 rings (SSSR count). The molecule has 24 heavy (non-hydrogen) atoms. The second-order valence-corrected chi connectivity index (χ2v) is 9.15. The predicted molar refractivity (Wildman–Crippen MR) is 101 cm³/mol. The maximum Gasteiger partial charge on any atom is 0.338 e. The lowest BCUT2D eigenvalue weighted by Gasteiger charge is -2.16. The van der Waals surface area contributed by atoms with Crippen molar-refractivity contribution >= 4 is 27.6 Å². The van der Waals surface area contributed by atoms with Crippen molar-refractivity contribution in [2.45, 2.75) is 44.8 Å². The van der Waals surface area contributed by atoms with Gasteiger partial charge in [-0.1, -0.05) is 44.9 Å². The van der Waals surface area contributed by atoms with E-state index in [1.165, 1.54) is 0 Å². The van der Waals surface area contributed by atoms with Crippen LogP contribution in [0.4, 0.5) is 0 Å². The van der Waals surface area contributed by atoms with Crippen molar-refractivity contribution in [2.75, 3.05) is 23.9 Å². The third-order valence-electron chi connectivity index (χ3n) is 3.58. The van der Waals surface area contributed by atoms with Gasteiger partial charge in [-0.2, -0.15) is 0 Å². The summed E-state index contributed by atoms with van der Waals surface area (Å²) in [6.45, 7) is 4.15. The molecule has 3 atom stereocenters. The highest BCUT2D eigenvalue weighted by molar-refractivity contribution is 7.89. The number of rotatable bonds is 12. The summed E-state index contributed by atoms with van der Waals surface area (Å²) in [5, 5.41) is -0.359. The topological polar surface area (TPSA) is 60.4 Å². The van der Waals surface area contributed by atoms with Crippen molar-refractivity contribution in [1.29, 1.82) is 0 Å². The van der Waals surface area contributed by atoms with Crippen LogP contribution in [0.25, 0.3) is 0 Å². The van der Waals surface area contributed by atoms with Crippen LogP contribution in [-0.2, 0) is 26.3 Å². The zero-order valence-corrected chi connectivity index (χ0v) is 16.2. The van der Waals surface area contributed by atoms with E-state index in [9.17, 15) is 13.2 Å². The summed E-state index contributed by atoms with van der Waals surface area (Å²) in [6.07, 6.45) is 3.70. The van der Waals surface area contributed by atoms with Crippen molar-refractivity contribution in [3.63, 3.8) is 0 Å². The number of esters is 1. The average Bonchev–Trinajstić information content (AvgIpc) is 2.61. The van der Waals surface area contributed by atoms with E-state index in [2.05, 4.69) is 6.92 Å². The quantitative estimate of drug-likeness (QED) is 0.528.